The van der Waals surface area contributed by atoms with Gasteiger partial charge in [-0.25, -0.2) is 0 Å². The molecule has 136 valence electrons. The van der Waals surface area contributed by atoms with Crippen molar-refractivity contribution >= 4 is 7.12 Å². The van der Waals surface area contributed by atoms with Crippen molar-refractivity contribution < 1.29 is 9.31 Å². The number of hydrogen-bond acceptors (Lipinski definition) is 3. The second-order valence-corrected chi connectivity index (χ2v) is 9.52. The van der Waals surface area contributed by atoms with Crippen LogP contribution in [0.2, 0.25) is 5.31 Å². The van der Waals surface area contributed by atoms with Crippen molar-refractivity contribution in [1.82, 2.24) is 4.98 Å². The minimum atomic E-state index is -0.241. The number of nitrogens with zero attached hydrogens (tertiary/aromatic N) is 1. The maximum Gasteiger partial charge on any atom is 0.464 e. The van der Waals surface area contributed by atoms with E-state index in [-0.39, 0.29) is 23.6 Å². The van der Waals surface area contributed by atoms with E-state index in [1.54, 1.807) is 0 Å². The Bertz CT molecular complexity index is 588. The first-order valence-electron chi connectivity index (χ1n) is 10.1. The molecule has 0 N–H and O–H groups in total. The van der Waals surface area contributed by atoms with E-state index in [9.17, 15) is 0 Å². The lowest BCUT2D eigenvalue weighted by Gasteiger charge is -2.54. The highest BCUT2D eigenvalue weighted by Crippen LogP contribution is 2.67. The molecule has 4 heteroatoms. The van der Waals surface area contributed by atoms with Gasteiger partial charge < -0.3 is 9.31 Å². The van der Waals surface area contributed by atoms with Crippen LogP contribution in [0.3, 0.4) is 0 Å². The molecule has 1 aliphatic heterocycles. The van der Waals surface area contributed by atoms with E-state index in [0.717, 1.165) is 18.8 Å². The smallest absolute Gasteiger partial charge is 0.403 e. The van der Waals surface area contributed by atoms with E-state index in [4.69, 9.17) is 9.31 Å². The molecule has 0 atom stereocenters. The quantitative estimate of drug-likeness (QED) is 0.693. The molecule has 0 spiro atoms. The van der Waals surface area contributed by atoms with Gasteiger partial charge in [0.05, 0.1) is 11.2 Å². The molecule has 0 radical (unpaired) electrons. The van der Waals surface area contributed by atoms with Crippen LogP contribution in [0, 0.1) is 5.92 Å². The van der Waals surface area contributed by atoms with E-state index in [0.29, 0.717) is 5.92 Å². The lowest BCUT2D eigenvalue weighted by molar-refractivity contribution is 0.00578. The molecule has 2 saturated carbocycles. The molecule has 0 bridgehead atoms. The molecule has 1 aromatic heterocycles. The van der Waals surface area contributed by atoms with Crippen LogP contribution in [0.5, 0.6) is 0 Å². The molecule has 3 fully saturated rings. The SMILES string of the molecule is CC1(C)OB(C2(C3CCCCC3)CC(c3ccccn3)C2)OC1(C)C. The Hall–Kier alpha value is -0.865. The third-order valence-corrected chi connectivity index (χ3v) is 7.50. The Labute approximate surface area is 153 Å². The second kappa shape index (κ2) is 6.09. The molecule has 0 unspecified atom stereocenters. The fourth-order valence-corrected chi connectivity index (χ4v) is 5.16. The molecule has 3 aliphatic rings. The highest BCUT2D eigenvalue weighted by Gasteiger charge is 2.65. The number of pyridine rings is 1. The topological polar surface area (TPSA) is 31.4 Å². The molecule has 0 amide bonds. The third-order valence-electron chi connectivity index (χ3n) is 7.50. The standard InChI is InChI=1S/C21H32BNO2/c1-19(2)20(3,4)25-22(24-19)21(17-10-6-5-7-11-17)14-16(15-21)18-12-8-9-13-23-18/h8-9,12-13,16-17H,5-7,10-11,14-15H2,1-4H3. The highest BCUT2D eigenvalue weighted by atomic mass is 16.7. The average Bonchev–Trinajstić information content (AvgIpc) is 2.76. The van der Waals surface area contributed by atoms with Gasteiger partial charge >= 0.3 is 7.12 Å². The van der Waals surface area contributed by atoms with Crippen molar-refractivity contribution in [3.63, 3.8) is 0 Å². The molecule has 3 nitrogen and oxygen atoms in total. The summed E-state index contributed by atoms with van der Waals surface area (Å²) >= 11 is 0. The third kappa shape index (κ3) is 2.86. The summed E-state index contributed by atoms with van der Waals surface area (Å²) in [5, 5.41) is 0.174. The monoisotopic (exact) mass is 341 g/mol. The molecule has 4 rings (SSSR count). The number of rotatable bonds is 3. The zero-order chi connectivity index (χ0) is 17.7. The molecular formula is C21H32BNO2. The fraction of sp³-hybridized carbons (Fsp3) is 0.762. The van der Waals surface area contributed by atoms with Crippen molar-refractivity contribution in [3.8, 4) is 0 Å². The van der Waals surface area contributed by atoms with E-state index >= 15 is 0 Å². The van der Waals surface area contributed by atoms with Crippen LogP contribution >= 0.6 is 0 Å². The first-order chi connectivity index (χ1) is 11.8. The van der Waals surface area contributed by atoms with Gasteiger partial charge in [0.2, 0.25) is 0 Å². The van der Waals surface area contributed by atoms with Crippen molar-refractivity contribution in [3.05, 3.63) is 30.1 Å². The normalized spacial score (nSPS) is 34.7. The minimum Gasteiger partial charge on any atom is -0.403 e. The fourth-order valence-electron chi connectivity index (χ4n) is 5.16. The van der Waals surface area contributed by atoms with Crippen LogP contribution in [0.1, 0.15) is 84.3 Å². The summed E-state index contributed by atoms with van der Waals surface area (Å²) in [6.45, 7) is 8.71. The lowest BCUT2D eigenvalue weighted by Crippen LogP contribution is -2.49. The summed E-state index contributed by atoms with van der Waals surface area (Å²) in [6, 6.07) is 6.29. The van der Waals surface area contributed by atoms with E-state index in [1.165, 1.54) is 37.8 Å². The summed E-state index contributed by atoms with van der Waals surface area (Å²) in [4.78, 5) is 4.61. The van der Waals surface area contributed by atoms with Crippen LogP contribution in [-0.2, 0) is 9.31 Å². The Morgan fingerprint density at radius 1 is 0.960 bits per heavy atom. The van der Waals surface area contributed by atoms with Gasteiger partial charge in [-0.05, 0) is 58.6 Å². The zero-order valence-corrected chi connectivity index (χ0v) is 16.3. The summed E-state index contributed by atoms with van der Waals surface area (Å²) in [5.41, 5.74) is 0.760. The molecule has 0 aromatic carbocycles. The van der Waals surface area contributed by atoms with Gasteiger partial charge in [-0.1, -0.05) is 38.2 Å². The summed E-state index contributed by atoms with van der Waals surface area (Å²) in [6.07, 6.45) is 11.0. The van der Waals surface area contributed by atoms with Crippen LogP contribution in [0.4, 0.5) is 0 Å². The van der Waals surface area contributed by atoms with Gasteiger partial charge in [-0.15, -0.1) is 0 Å². The van der Waals surface area contributed by atoms with Gasteiger partial charge in [-0.3, -0.25) is 4.98 Å². The van der Waals surface area contributed by atoms with Gasteiger partial charge in [-0.2, -0.15) is 0 Å². The molecule has 2 heterocycles. The average molecular weight is 341 g/mol. The predicted molar refractivity (Wildman–Crippen MR) is 102 cm³/mol. The molecule has 1 aromatic rings. The zero-order valence-electron chi connectivity index (χ0n) is 16.3. The van der Waals surface area contributed by atoms with E-state index in [1.807, 2.05) is 12.3 Å². The van der Waals surface area contributed by atoms with Crippen LogP contribution in [-0.4, -0.2) is 23.3 Å². The van der Waals surface area contributed by atoms with Crippen molar-refractivity contribution in [1.29, 1.82) is 0 Å². The molecule has 2 aliphatic carbocycles. The summed E-state index contributed by atoms with van der Waals surface area (Å²) in [5.74, 6) is 1.29. The predicted octanol–water partition coefficient (Wildman–Crippen LogP) is 5.37. The van der Waals surface area contributed by atoms with Crippen LogP contribution < -0.4 is 0 Å². The van der Waals surface area contributed by atoms with E-state index < -0.39 is 0 Å². The number of aromatic nitrogens is 1. The van der Waals surface area contributed by atoms with Crippen molar-refractivity contribution in [2.24, 2.45) is 5.92 Å². The first kappa shape index (κ1) is 17.5. The van der Waals surface area contributed by atoms with Gasteiger partial charge in [0, 0.05) is 23.1 Å². The summed E-state index contributed by atoms with van der Waals surface area (Å²) < 4.78 is 13.1. The Morgan fingerprint density at radius 3 is 2.16 bits per heavy atom. The number of hydrogen-bond donors (Lipinski definition) is 0. The van der Waals surface area contributed by atoms with Gasteiger partial charge in [0.1, 0.15) is 0 Å². The largest absolute Gasteiger partial charge is 0.464 e. The maximum absolute atomic E-state index is 6.57. The minimum absolute atomic E-state index is 0.0689. The van der Waals surface area contributed by atoms with Crippen molar-refractivity contribution in [2.75, 3.05) is 0 Å². The lowest BCUT2D eigenvalue weighted by atomic mass is 9.37. The van der Waals surface area contributed by atoms with Gasteiger partial charge in [0.25, 0.3) is 0 Å². The first-order valence-corrected chi connectivity index (χ1v) is 10.1. The van der Waals surface area contributed by atoms with Crippen molar-refractivity contribution in [2.45, 2.75) is 95.1 Å². The maximum atomic E-state index is 6.57. The van der Waals surface area contributed by atoms with E-state index in [2.05, 4.69) is 44.8 Å². The molecule has 25 heavy (non-hydrogen) atoms. The second-order valence-electron chi connectivity index (χ2n) is 9.52. The molecular weight excluding hydrogens is 309 g/mol. The van der Waals surface area contributed by atoms with Crippen LogP contribution in [0.25, 0.3) is 0 Å². The Balaban J connectivity index is 1.59. The Morgan fingerprint density at radius 2 is 1.60 bits per heavy atom. The molecule has 1 saturated heterocycles. The highest BCUT2D eigenvalue weighted by molar-refractivity contribution is 6.50. The summed E-state index contributed by atoms with van der Waals surface area (Å²) in [7, 11) is -0.0689. The van der Waals surface area contributed by atoms with Gasteiger partial charge in [0.15, 0.2) is 0 Å². The Kier molecular flexibility index (Phi) is 4.28. The van der Waals surface area contributed by atoms with Crippen LogP contribution in [0.15, 0.2) is 24.4 Å².